The number of rotatable bonds is 5. The molecule has 2 rings (SSSR count). The molecule has 0 spiro atoms. The van der Waals surface area contributed by atoms with E-state index in [1.165, 1.54) is 11.3 Å². The molecule has 0 atom stereocenters. The van der Waals surface area contributed by atoms with Gasteiger partial charge in [0.15, 0.2) is 0 Å². The molecule has 2 heterocycles. The summed E-state index contributed by atoms with van der Waals surface area (Å²) in [5.41, 5.74) is 1.55. The first-order chi connectivity index (χ1) is 9.84. The molecular formula is C15H23N3O2S. The second-order valence-electron chi connectivity index (χ2n) is 6.23. The van der Waals surface area contributed by atoms with Gasteiger partial charge in [-0.3, -0.25) is 5.41 Å². The van der Waals surface area contributed by atoms with Gasteiger partial charge in [-0.1, -0.05) is 20.8 Å². The topological polar surface area (TPSA) is 69.4 Å². The van der Waals surface area contributed by atoms with E-state index in [0.29, 0.717) is 31.1 Å². The van der Waals surface area contributed by atoms with Gasteiger partial charge in [0.05, 0.1) is 17.8 Å². The minimum absolute atomic E-state index is 0.0239. The van der Waals surface area contributed by atoms with Gasteiger partial charge in [-0.25, -0.2) is 4.98 Å². The number of aliphatic hydroxyl groups is 1. The fraction of sp³-hybridized carbons (Fsp3) is 0.600. The number of nitrogens with one attached hydrogen (secondary N) is 1. The van der Waals surface area contributed by atoms with E-state index >= 15 is 0 Å². The first-order valence-corrected chi connectivity index (χ1v) is 7.94. The Bertz CT molecular complexity index is 558. The van der Waals surface area contributed by atoms with Crippen LogP contribution in [0.25, 0.3) is 5.57 Å². The van der Waals surface area contributed by atoms with Crippen molar-refractivity contribution in [1.29, 1.82) is 5.41 Å². The molecule has 1 aromatic rings. The van der Waals surface area contributed by atoms with Gasteiger partial charge < -0.3 is 14.7 Å². The number of amidine groups is 1. The predicted octanol–water partition coefficient (Wildman–Crippen LogP) is 3.04. The fourth-order valence-electron chi connectivity index (χ4n) is 2.18. The molecule has 2 N–H and O–H groups in total. The van der Waals surface area contributed by atoms with E-state index < -0.39 is 0 Å². The molecule has 0 unspecified atom stereocenters. The Morgan fingerprint density at radius 1 is 1.48 bits per heavy atom. The lowest BCUT2D eigenvalue weighted by Gasteiger charge is -2.18. The zero-order valence-corrected chi connectivity index (χ0v) is 13.9. The summed E-state index contributed by atoms with van der Waals surface area (Å²) >= 11 is 1.49. The van der Waals surface area contributed by atoms with Crippen LogP contribution < -0.4 is 0 Å². The van der Waals surface area contributed by atoms with Gasteiger partial charge in [0, 0.05) is 31.1 Å². The average Bonchev–Trinajstić information content (AvgIpc) is 2.95. The van der Waals surface area contributed by atoms with Crippen molar-refractivity contribution in [2.24, 2.45) is 0 Å². The van der Waals surface area contributed by atoms with Crippen LogP contribution in [0.5, 0.6) is 0 Å². The van der Waals surface area contributed by atoms with Crippen molar-refractivity contribution >= 4 is 22.7 Å². The molecule has 1 aliphatic rings. The van der Waals surface area contributed by atoms with Crippen LogP contribution in [-0.4, -0.2) is 47.6 Å². The zero-order chi connectivity index (χ0) is 15.6. The molecule has 1 aliphatic heterocycles. The highest BCUT2D eigenvalue weighted by atomic mass is 32.1. The van der Waals surface area contributed by atoms with Crippen LogP contribution in [0.2, 0.25) is 0 Å². The molecular weight excluding hydrogens is 286 g/mol. The van der Waals surface area contributed by atoms with E-state index in [2.05, 4.69) is 25.8 Å². The maximum absolute atomic E-state index is 10.2. The summed E-state index contributed by atoms with van der Waals surface area (Å²) < 4.78 is 5.03. The highest BCUT2D eigenvalue weighted by Crippen LogP contribution is 2.32. The number of ether oxygens (including phenoxy) is 1. The predicted molar refractivity (Wildman–Crippen MR) is 86.2 cm³/mol. The third-order valence-electron chi connectivity index (χ3n) is 3.45. The van der Waals surface area contributed by atoms with Crippen molar-refractivity contribution in [2.75, 3.05) is 26.8 Å². The van der Waals surface area contributed by atoms with Crippen molar-refractivity contribution in [1.82, 2.24) is 9.88 Å². The number of methoxy groups -OCH3 is 1. The quantitative estimate of drug-likeness (QED) is 0.820. The Kier molecular flexibility index (Phi) is 4.68. The van der Waals surface area contributed by atoms with Crippen LogP contribution in [0.1, 0.15) is 37.9 Å². The Hall–Kier alpha value is -1.40. The Labute approximate surface area is 129 Å². The highest BCUT2D eigenvalue weighted by molar-refractivity contribution is 7.11. The van der Waals surface area contributed by atoms with Crippen molar-refractivity contribution in [3.63, 3.8) is 0 Å². The molecule has 0 aromatic carbocycles. The Balaban J connectivity index is 2.14. The summed E-state index contributed by atoms with van der Waals surface area (Å²) in [5, 5.41) is 21.2. The van der Waals surface area contributed by atoms with E-state index in [1.54, 1.807) is 7.11 Å². The molecule has 0 saturated heterocycles. The number of nitrogens with zero attached hydrogens (tertiary/aromatic N) is 2. The van der Waals surface area contributed by atoms with Gasteiger partial charge in [-0.15, -0.1) is 11.3 Å². The van der Waals surface area contributed by atoms with Crippen molar-refractivity contribution in [2.45, 2.75) is 32.6 Å². The van der Waals surface area contributed by atoms with Crippen LogP contribution in [0.4, 0.5) is 0 Å². The van der Waals surface area contributed by atoms with Crippen molar-refractivity contribution < 1.29 is 9.84 Å². The summed E-state index contributed by atoms with van der Waals surface area (Å²) in [7, 11) is 1.67. The minimum atomic E-state index is -0.0239. The second-order valence-corrected chi connectivity index (χ2v) is 7.08. The summed E-state index contributed by atoms with van der Waals surface area (Å²) in [6.45, 7) is 8.08. The third kappa shape index (κ3) is 3.44. The Morgan fingerprint density at radius 3 is 2.76 bits per heavy atom. The molecule has 0 amide bonds. The van der Waals surface area contributed by atoms with Crippen LogP contribution in [0.15, 0.2) is 11.1 Å². The highest BCUT2D eigenvalue weighted by Gasteiger charge is 2.30. The van der Waals surface area contributed by atoms with E-state index in [4.69, 9.17) is 10.1 Å². The van der Waals surface area contributed by atoms with Crippen molar-refractivity contribution in [3.05, 3.63) is 21.8 Å². The summed E-state index contributed by atoms with van der Waals surface area (Å²) in [5.74, 6) is 0.602. The van der Waals surface area contributed by atoms with Crippen LogP contribution >= 0.6 is 11.3 Å². The Morgan fingerprint density at radius 2 is 2.19 bits per heavy atom. The smallest absolute Gasteiger partial charge is 0.135 e. The maximum atomic E-state index is 10.2. The van der Waals surface area contributed by atoms with E-state index in [9.17, 15) is 5.11 Å². The molecule has 116 valence electrons. The maximum Gasteiger partial charge on any atom is 0.135 e. The molecule has 21 heavy (non-hydrogen) atoms. The van der Waals surface area contributed by atoms with Crippen LogP contribution in [-0.2, 0) is 10.2 Å². The number of thiazole rings is 1. The summed E-state index contributed by atoms with van der Waals surface area (Å²) in [4.78, 5) is 6.47. The van der Waals surface area contributed by atoms with Gasteiger partial charge >= 0.3 is 0 Å². The number of aliphatic hydroxyl groups excluding tert-OH is 1. The second kappa shape index (κ2) is 6.15. The lowest BCUT2D eigenvalue weighted by atomic mass is 9.93. The summed E-state index contributed by atoms with van der Waals surface area (Å²) in [6.07, 6.45) is 0.838. The molecule has 6 heteroatoms. The third-order valence-corrected chi connectivity index (χ3v) is 4.30. The minimum Gasteiger partial charge on any atom is -0.510 e. The number of hydrogen-bond donors (Lipinski definition) is 2. The molecule has 0 saturated carbocycles. The molecule has 0 radical (unpaired) electrons. The molecule has 0 aliphatic carbocycles. The standard InChI is InChI=1S/C15H23N3O2S/c1-15(2,3)11-9-21-14(17-11)12-10(19)8-18(13(12)16)6-5-7-20-4/h9,16,19H,5-8H2,1-4H3. The first-order valence-electron chi connectivity index (χ1n) is 7.06. The lowest BCUT2D eigenvalue weighted by Crippen LogP contribution is -2.28. The number of aromatic nitrogens is 1. The number of hydrogen-bond acceptors (Lipinski definition) is 5. The van der Waals surface area contributed by atoms with Crippen molar-refractivity contribution in [3.8, 4) is 0 Å². The van der Waals surface area contributed by atoms with E-state index in [0.717, 1.165) is 17.1 Å². The monoisotopic (exact) mass is 309 g/mol. The van der Waals surface area contributed by atoms with Gasteiger partial charge in [-0.2, -0.15) is 0 Å². The molecule has 0 bridgehead atoms. The van der Waals surface area contributed by atoms with Gasteiger partial charge in [0.25, 0.3) is 0 Å². The fourth-order valence-corrected chi connectivity index (χ4v) is 3.29. The summed E-state index contributed by atoms with van der Waals surface area (Å²) in [6, 6.07) is 0. The largest absolute Gasteiger partial charge is 0.510 e. The van der Waals surface area contributed by atoms with Gasteiger partial charge in [-0.05, 0) is 6.42 Å². The first kappa shape index (κ1) is 16.0. The van der Waals surface area contributed by atoms with E-state index in [1.807, 2.05) is 10.3 Å². The van der Waals surface area contributed by atoms with Crippen LogP contribution in [0, 0.1) is 5.41 Å². The normalized spacial score (nSPS) is 16.2. The SMILES string of the molecule is COCCCN1CC(O)=C(c2nc(C(C)(C)C)cs2)C1=N. The lowest BCUT2D eigenvalue weighted by molar-refractivity contribution is 0.186. The molecule has 5 nitrogen and oxygen atoms in total. The average molecular weight is 309 g/mol. The van der Waals surface area contributed by atoms with Gasteiger partial charge in [0.1, 0.15) is 16.6 Å². The molecule has 1 aromatic heterocycles. The van der Waals surface area contributed by atoms with Gasteiger partial charge in [0.2, 0.25) is 0 Å². The van der Waals surface area contributed by atoms with Crippen LogP contribution in [0.3, 0.4) is 0 Å². The zero-order valence-electron chi connectivity index (χ0n) is 13.1. The van der Waals surface area contributed by atoms with E-state index in [-0.39, 0.29) is 11.2 Å². The molecule has 0 fully saturated rings.